The number of ketones is 1. The lowest BCUT2D eigenvalue weighted by Gasteiger charge is -2.37. The molecule has 0 spiro atoms. The summed E-state index contributed by atoms with van der Waals surface area (Å²) in [5, 5.41) is 48.5. The molecule has 14 heteroatoms. The van der Waals surface area contributed by atoms with E-state index in [0.29, 0.717) is 43.0 Å². The average Bonchev–Trinajstić information content (AvgIpc) is 3.41. The molecule has 1 aromatic heterocycles. The molecule has 5 N–H and O–H groups in total. The first-order valence-corrected chi connectivity index (χ1v) is 20.6. The van der Waals surface area contributed by atoms with Crippen LogP contribution in [0.3, 0.4) is 0 Å². The zero-order chi connectivity index (χ0) is 42.5. The quantitative estimate of drug-likeness (QED) is 0.123. The number of aromatic nitrogens is 3. The van der Waals surface area contributed by atoms with Gasteiger partial charge in [0.25, 0.3) is 5.91 Å². The number of aliphatic hydroxyl groups is 3. The molecule has 1 heterocycles. The van der Waals surface area contributed by atoms with Crippen molar-refractivity contribution in [2.45, 2.75) is 136 Å². The normalized spacial score (nSPS) is 29.2. The SMILES string of the molecule is C=C1CC[C@H]2[C@@H](/C=C(\C)C(=O)[C@@]3(O)C[C@H](C)[C@H](O)[C@@H]3[C@H]1OCc1cn(CCCC(=O)N[C@H](Cc3ccccc3)[C@H](O)C(=O)N[C@@H](CC(C)C)C(=O)OC)nn1)C2(C)C. The van der Waals surface area contributed by atoms with Gasteiger partial charge in [-0.05, 0) is 91.2 Å². The Morgan fingerprint density at radius 2 is 1.84 bits per heavy atom. The molecule has 58 heavy (non-hydrogen) atoms. The number of fused-ring (bicyclic) bond motifs is 2. The van der Waals surface area contributed by atoms with Crippen molar-refractivity contribution in [3.8, 4) is 0 Å². The third-order valence-corrected chi connectivity index (χ3v) is 12.6. The summed E-state index contributed by atoms with van der Waals surface area (Å²) in [7, 11) is 1.23. The van der Waals surface area contributed by atoms with Gasteiger partial charge in [-0.15, -0.1) is 5.10 Å². The highest BCUT2D eigenvalue weighted by atomic mass is 16.5. The minimum atomic E-state index is -1.82. The number of nitrogens with zero attached hydrogens (tertiary/aromatic N) is 3. The molecule has 0 saturated heterocycles. The van der Waals surface area contributed by atoms with E-state index in [4.69, 9.17) is 9.47 Å². The fraction of sp³-hybridized carbons (Fsp3) is 0.636. The highest BCUT2D eigenvalue weighted by molar-refractivity contribution is 6.02. The summed E-state index contributed by atoms with van der Waals surface area (Å²) in [5.74, 6) is -2.75. The van der Waals surface area contributed by atoms with Crippen molar-refractivity contribution in [1.82, 2.24) is 25.6 Å². The van der Waals surface area contributed by atoms with E-state index < -0.39 is 53.8 Å². The van der Waals surface area contributed by atoms with Crippen LogP contribution in [0.25, 0.3) is 0 Å². The van der Waals surface area contributed by atoms with Crippen LogP contribution >= 0.6 is 0 Å². The highest BCUT2D eigenvalue weighted by Crippen LogP contribution is 2.62. The molecule has 1 aromatic carbocycles. The number of amides is 2. The number of nitrogens with one attached hydrogen (secondary N) is 2. The lowest BCUT2D eigenvalue weighted by atomic mass is 9.77. The number of ether oxygens (including phenoxy) is 2. The molecule has 14 nitrogen and oxygen atoms in total. The van der Waals surface area contributed by atoms with Crippen LogP contribution in [0.15, 0.2) is 60.3 Å². The smallest absolute Gasteiger partial charge is 0.328 e. The van der Waals surface area contributed by atoms with Crippen LogP contribution in [0, 0.1) is 35.0 Å². The van der Waals surface area contributed by atoms with Crippen molar-refractivity contribution in [3.63, 3.8) is 0 Å². The molecule has 2 aromatic rings. The Bertz CT molecular complexity index is 1830. The number of hydrogen-bond donors (Lipinski definition) is 5. The maximum Gasteiger partial charge on any atom is 0.328 e. The van der Waals surface area contributed by atoms with Crippen molar-refractivity contribution in [2.24, 2.45) is 35.0 Å². The summed E-state index contributed by atoms with van der Waals surface area (Å²) in [6, 6.07) is 7.24. The van der Waals surface area contributed by atoms with Crippen LogP contribution in [-0.4, -0.2) is 97.0 Å². The molecule has 0 aliphatic heterocycles. The number of rotatable bonds is 16. The lowest BCUT2D eigenvalue weighted by Crippen LogP contribution is -2.54. The van der Waals surface area contributed by atoms with Gasteiger partial charge in [0.2, 0.25) is 5.91 Å². The molecule has 2 amide bonds. The minimum absolute atomic E-state index is 0.00641. The monoisotopic (exact) mass is 805 g/mol. The van der Waals surface area contributed by atoms with E-state index in [-0.39, 0.29) is 60.7 Å². The fourth-order valence-electron chi connectivity index (χ4n) is 9.12. The Balaban J connectivity index is 1.20. The maximum absolute atomic E-state index is 13.9. The van der Waals surface area contributed by atoms with E-state index in [1.165, 1.54) is 7.11 Å². The minimum Gasteiger partial charge on any atom is -0.467 e. The molecule has 3 aliphatic carbocycles. The Morgan fingerprint density at radius 3 is 2.52 bits per heavy atom. The van der Waals surface area contributed by atoms with E-state index in [1.54, 1.807) is 17.8 Å². The summed E-state index contributed by atoms with van der Waals surface area (Å²) >= 11 is 0. The standard InChI is InChI=1S/C44H63N5O9/c1-25(2)19-34(42(55)57-8)46-41(54)38(52)33(21-29-13-10-9-11-14-29)45-35(50)15-12-18-49-23-30(47-48-49)24-58-39-26(3)16-17-31-32(43(31,6)7)20-27(4)40(53)44(56)22-28(5)37(51)36(39)44/h9-11,13-14,20,23,25,28,31-34,36-39,51-52,56H,3,12,15-19,21-22,24H2,1-2,4-8H3,(H,45,50)(H,46,54)/b27-20+/t28-,31-,32+,33+,34-,36+,37-,38-,39-,44+/m0/s1. The van der Waals surface area contributed by atoms with Gasteiger partial charge >= 0.3 is 5.97 Å². The third-order valence-electron chi connectivity index (χ3n) is 12.6. The highest BCUT2D eigenvalue weighted by Gasteiger charge is 2.61. The van der Waals surface area contributed by atoms with Crippen LogP contribution in [0.2, 0.25) is 0 Å². The summed E-state index contributed by atoms with van der Waals surface area (Å²) in [5.41, 5.74) is 0.734. The predicted molar refractivity (Wildman–Crippen MR) is 215 cm³/mol. The van der Waals surface area contributed by atoms with Crippen LogP contribution in [0.4, 0.5) is 0 Å². The Labute approximate surface area is 341 Å². The molecule has 3 aliphatic rings. The summed E-state index contributed by atoms with van der Waals surface area (Å²) in [6.45, 7) is 16.5. The number of hydrogen-bond acceptors (Lipinski definition) is 11. The van der Waals surface area contributed by atoms with Crippen molar-refractivity contribution in [1.29, 1.82) is 0 Å². The number of aliphatic hydroxyl groups excluding tert-OH is 2. The van der Waals surface area contributed by atoms with Gasteiger partial charge in [0.1, 0.15) is 17.3 Å². The number of carbonyl (C=O) groups excluding carboxylic acids is 4. The molecule has 10 atom stereocenters. The topological polar surface area (TPSA) is 202 Å². The van der Waals surface area contributed by atoms with E-state index in [0.717, 1.165) is 17.6 Å². The van der Waals surface area contributed by atoms with Gasteiger partial charge in [0.15, 0.2) is 11.9 Å². The van der Waals surface area contributed by atoms with E-state index in [2.05, 4.69) is 41.4 Å². The van der Waals surface area contributed by atoms with Crippen LogP contribution < -0.4 is 10.6 Å². The lowest BCUT2D eigenvalue weighted by molar-refractivity contribution is -0.148. The van der Waals surface area contributed by atoms with E-state index in [1.807, 2.05) is 57.2 Å². The molecule has 0 radical (unpaired) electrons. The Morgan fingerprint density at radius 1 is 1.14 bits per heavy atom. The third kappa shape index (κ3) is 10.3. The Kier molecular flexibility index (Phi) is 14.5. The second-order valence-electron chi connectivity index (χ2n) is 17.8. The molecule has 2 saturated carbocycles. The number of esters is 1. The van der Waals surface area contributed by atoms with Gasteiger partial charge in [-0.2, -0.15) is 0 Å². The second kappa shape index (κ2) is 18.8. The van der Waals surface area contributed by atoms with Crippen molar-refractivity contribution in [2.75, 3.05) is 7.11 Å². The average molecular weight is 806 g/mol. The van der Waals surface area contributed by atoms with Crippen molar-refractivity contribution in [3.05, 3.63) is 71.6 Å². The van der Waals surface area contributed by atoms with Crippen molar-refractivity contribution < 1.29 is 44.0 Å². The number of allylic oxidation sites excluding steroid dienone is 1. The Hall–Kier alpha value is -4.24. The number of methoxy groups -OCH3 is 1. The fourth-order valence-corrected chi connectivity index (χ4v) is 9.12. The molecule has 2 fully saturated rings. The molecular weight excluding hydrogens is 743 g/mol. The van der Waals surface area contributed by atoms with E-state index in [9.17, 15) is 34.5 Å². The van der Waals surface area contributed by atoms with Crippen LogP contribution in [-0.2, 0) is 48.2 Å². The molecule has 318 valence electrons. The number of aryl methyl sites for hydroxylation is 1. The van der Waals surface area contributed by atoms with Gasteiger partial charge in [-0.3, -0.25) is 19.1 Å². The maximum atomic E-state index is 13.9. The van der Waals surface area contributed by atoms with Crippen LogP contribution in [0.1, 0.15) is 91.3 Å². The largest absolute Gasteiger partial charge is 0.467 e. The second-order valence-corrected chi connectivity index (χ2v) is 17.8. The molecule has 5 rings (SSSR count). The van der Waals surface area contributed by atoms with Gasteiger partial charge in [-0.1, -0.05) is 82.8 Å². The molecule has 0 unspecified atom stereocenters. The number of Topliss-reactive ketones (excluding diaryl/α,β-unsaturated/α-hetero) is 1. The zero-order valence-electron chi connectivity index (χ0n) is 35.0. The van der Waals surface area contributed by atoms with E-state index >= 15 is 0 Å². The number of carbonyl (C=O) groups is 4. The summed E-state index contributed by atoms with van der Waals surface area (Å²) in [6.07, 6.45) is 2.76. The first-order chi connectivity index (χ1) is 27.4. The van der Waals surface area contributed by atoms with Gasteiger partial charge in [0.05, 0.1) is 44.1 Å². The first kappa shape index (κ1) is 44.9. The molecule has 0 bridgehead atoms. The van der Waals surface area contributed by atoms with Crippen LogP contribution in [0.5, 0.6) is 0 Å². The summed E-state index contributed by atoms with van der Waals surface area (Å²) in [4.78, 5) is 52.7. The first-order valence-electron chi connectivity index (χ1n) is 20.6. The predicted octanol–water partition coefficient (Wildman–Crippen LogP) is 3.62. The zero-order valence-corrected chi connectivity index (χ0v) is 35.0. The van der Waals surface area contributed by atoms with Gasteiger partial charge in [-0.25, -0.2) is 4.79 Å². The van der Waals surface area contributed by atoms with Crippen molar-refractivity contribution >= 4 is 23.6 Å². The van der Waals surface area contributed by atoms with Gasteiger partial charge < -0.3 is 35.4 Å². The summed E-state index contributed by atoms with van der Waals surface area (Å²) < 4.78 is 12.9. The van der Waals surface area contributed by atoms with Gasteiger partial charge in [0, 0.05) is 13.0 Å². The molecular formula is C44H63N5O9. The number of benzene rings is 1.